The number of Topliss-reactive ketones (excluding diaryl/α,β-unsaturated/α-hetero) is 1. The molecule has 0 atom stereocenters. The van der Waals surface area contributed by atoms with Crippen LogP contribution >= 0.6 is 0 Å². The fourth-order valence-corrected chi connectivity index (χ4v) is 3.73. The predicted octanol–water partition coefficient (Wildman–Crippen LogP) is 3.85. The molecule has 29 heavy (non-hydrogen) atoms. The number of hydrogen-bond acceptors (Lipinski definition) is 4. The van der Waals surface area contributed by atoms with Gasteiger partial charge in [0.05, 0.1) is 0 Å². The Balaban J connectivity index is 1.40. The molecule has 2 aromatic carbocycles. The average Bonchev–Trinajstić information content (AvgIpc) is 3.36. The minimum Gasteiger partial charge on any atom is -0.372 e. The van der Waals surface area contributed by atoms with Crippen LogP contribution in [0.5, 0.6) is 0 Å². The van der Waals surface area contributed by atoms with E-state index in [0.29, 0.717) is 29.8 Å². The molecule has 4 rings (SSSR count). The highest BCUT2D eigenvalue weighted by atomic mass is 16.2. The smallest absolute Gasteiger partial charge is 0.240 e. The molecule has 0 spiro atoms. The van der Waals surface area contributed by atoms with Crippen molar-refractivity contribution in [2.24, 2.45) is 5.41 Å². The van der Waals surface area contributed by atoms with Crippen molar-refractivity contribution in [1.82, 2.24) is 0 Å². The lowest BCUT2D eigenvalue weighted by Gasteiger charge is -2.19. The summed E-state index contributed by atoms with van der Waals surface area (Å²) in [5, 5.41) is 5.68. The highest BCUT2D eigenvalue weighted by molar-refractivity contribution is 6.17. The Labute approximate surface area is 170 Å². The number of carbonyl (C=O) groups excluding carboxylic acids is 3. The van der Waals surface area contributed by atoms with Crippen LogP contribution in [0.2, 0.25) is 0 Å². The third kappa shape index (κ3) is 4.01. The Morgan fingerprint density at radius 3 is 2.07 bits per heavy atom. The van der Waals surface area contributed by atoms with Crippen molar-refractivity contribution in [3.05, 3.63) is 54.1 Å². The van der Waals surface area contributed by atoms with Gasteiger partial charge in [-0.15, -0.1) is 0 Å². The first kappa shape index (κ1) is 19.2. The van der Waals surface area contributed by atoms with E-state index in [9.17, 15) is 14.4 Å². The van der Waals surface area contributed by atoms with Gasteiger partial charge in [-0.3, -0.25) is 14.4 Å². The van der Waals surface area contributed by atoms with Crippen molar-refractivity contribution in [2.45, 2.75) is 32.6 Å². The van der Waals surface area contributed by atoms with Gasteiger partial charge in [-0.2, -0.15) is 0 Å². The topological polar surface area (TPSA) is 78.5 Å². The number of nitrogens with one attached hydrogen (secondary N) is 2. The van der Waals surface area contributed by atoms with Crippen molar-refractivity contribution in [1.29, 1.82) is 0 Å². The monoisotopic (exact) mass is 391 g/mol. The minimum atomic E-state index is -1.04. The Morgan fingerprint density at radius 2 is 1.48 bits per heavy atom. The first-order valence-corrected chi connectivity index (χ1v) is 10.1. The van der Waals surface area contributed by atoms with Crippen LogP contribution < -0.4 is 15.5 Å². The molecule has 150 valence electrons. The van der Waals surface area contributed by atoms with E-state index < -0.39 is 5.41 Å². The van der Waals surface area contributed by atoms with Gasteiger partial charge in [-0.1, -0.05) is 12.1 Å². The number of ketones is 1. The van der Waals surface area contributed by atoms with Gasteiger partial charge in [-0.05, 0) is 69.0 Å². The van der Waals surface area contributed by atoms with E-state index in [4.69, 9.17) is 0 Å². The Bertz CT molecular complexity index is 942. The maximum atomic E-state index is 12.8. The first-order valence-electron chi connectivity index (χ1n) is 10.1. The van der Waals surface area contributed by atoms with E-state index in [2.05, 4.69) is 15.5 Å². The van der Waals surface area contributed by atoms with E-state index in [0.717, 1.165) is 18.8 Å². The van der Waals surface area contributed by atoms with Crippen molar-refractivity contribution in [3.8, 4) is 0 Å². The first-order chi connectivity index (χ1) is 14.0. The summed E-state index contributed by atoms with van der Waals surface area (Å²) in [5.74, 6) is -0.687. The molecule has 2 fully saturated rings. The highest BCUT2D eigenvalue weighted by Gasteiger charge is 2.56. The molecule has 2 N–H and O–H groups in total. The molecule has 1 saturated heterocycles. The molecule has 0 unspecified atom stereocenters. The maximum Gasteiger partial charge on any atom is 0.240 e. The summed E-state index contributed by atoms with van der Waals surface area (Å²) in [6.07, 6.45) is 3.46. The molecule has 0 bridgehead atoms. The fourth-order valence-electron chi connectivity index (χ4n) is 3.73. The van der Waals surface area contributed by atoms with Crippen LogP contribution in [0.15, 0.2) is 48.5 Å². The van der Waals surface area contributed by atoms with Crippen molar-refractivity contribution in [3.63, 3.8) is 0 Å². The SMILES string of the molecule is CC(=O)c1cccc(NC(=O)C2(C(=O)Nc3ccc(N4CCCC4)cc3)CC2)c1. The molecule has 1 heterocycles. The molecule has 2 aliphatic rings. The largest absolute Gasteiger partial charge is 0.372 e. The quantitative estimate of drug-likeness (QED) is 0.579. The Hall–Kier alpha value is -3.15. The molecule has 0 radical (unpaired) electrons. The summed E-state index contributed by atoms with van der Waals surface area (Å²) in [7, 11) is 0. The van der Waals surface area contributed by atoms with Gasteiger partial charge in [0.1, 0.15) is 5.41 Å². The van der Waals surface area contributed by atoms with Gasteiger partial charge in [0, 0.05) is 35.7 Å². The van der Waals surface area contributed by atoms with E-state index in [-0.39, 0.29) is 17.6 Å². The van der Waals surface area contributed by atoms with E-state index in [1.807, 2.05) is 24.3 Å². The summed E-state index contributed by atoms with van der Waals surface area (Å²) in [6, 6.07) is 14.5. The zero-order valence-electron chi connectivity index (χ0n) is 16.5. The second-order valence-corrected chi connectivity index (χ2v) is 7.87. The lowest BCUT2D eigenvalue weighted by Crippen LogP contribution is -2.35. The summed E-state index contributed by atoms with van der Waals surface area (Å²) < 4.78 is 0. The molecule has 2 amide bonds. The minimum absolute atomic E-state index is 0.0719. The normalized spacial score (nSPS) is 16.9. The van der Waals surface area contributed by atoms with E-state index >= 15 is 0 Å². The number of nitrogens with zero attached hydrogens (tertiary/aromatic N) is 1. The predicted molar refractivity (Wildman–Crippen MR) is 113 cm³/mol. The van der Waals surface area contributed by atoms with Crippen LogP contribution in [0.4, 0.5) is 17.1 Å². The van der Waals surface area contributed by atoms with Gasteiger partial charge in [-0.25, -0.2) is 0 Å². The van der Waals surface area contributed by atoms with Crippen molar-refractivity contribution >= 4 is 34.7 Å². The van der Waals surface area contributed by atoms with Crippen molar-refractivity contribution in [2.75, 3.05) is 28.6 Å². The zero-order valence-corrected chi connectivity index (χ0v) is 16.5. The summed E-state index contributed by atoms with van der Waals surface area (Å²) >= 11 is 0. The lowest BCUT2D eigenvalue weighted by molar-refractivity contribution is -0.131. The second kappa shape index (κ2) is 7.70. The number of anilines is 3. The van der Waals surface area contributed by atoms with Gasteiger partial charge in [0.2, 0.25) is 11.8 Å². The van der Waals surface area contributed by atoms with Gasteiger partial charge < -0.3 is 15.5 Å². The molecule has 1 aliphatic carbocycles. The number of rotatable bonds is 6. The molecular formula is C23H25N3O3. The van der Waals surface area contributed by atoms with Crippen LogP contribution in [0.25, 0.3) is 0 Å². The summed E-state index contributed by atoms with van der Waals surface area (Å²) in [5.41, 5.74) is 1.85. The van der Waals surface area contributed by atoms with Crippen molar-refractivity contribution < 1.29 is 14.4 Å². The van der Waals surface area contributed by atoms with Crippen LogP contribution in [-0.2, 0) is 9.59 Å². The third-order valence-corrected chi connectivity index (χ3v) is 5.74. The van der Waals surface area contributed by atoms with Gasteiger partial charge in [0.25, 0.3) is 0 Å². The maximum absolute atomic E-state index is 12.8. The Morgan fingerprint density at radius 1 is 0.862 bits per heavy atom. The van der Waals surface area contributed by atoms with Gasteiger partial charge >= 0.3 is 0 Å². The average molecular weight is 391 g/mol. The summed E-state index contributed by atoms with van der Waals surface area (Å²) in [4.78, 5) is 39.4. The Kier molecular flexibility index (Phi) is 5.09. The molecule has 6 nitrogen and oxygen atoms in total. The zero-order chi connectivity index (χ0) is 20.4. The molecule has 1 aliphatic heterocycles. The highest BCUT2D eigenvalue weighted by Crippen LogP contribution is 2.47. The molecule has 0 aromatic heterocycles. The van der Waals surface area contributed by atoms with E-state index in [1.165, 1.54) is 19.8 Å². The standard InChI is InChI=1S/C23H25N3O3/c1-16(27)17-5-4-6-19(15-17)25-22(29)23(11-12-23)21(28)24-18-7-9-20(10-8-18)26-13-2-3-14-26/h4-10,15H,2-3,11-14H2,1H3,(H,24,28)(H,25,29). The number of amides is 2. The summed E-state index contributed by atoms with van der Waals surface area (Å²) in [6.45, 7) is 3.62. The van der Waals surface area contributed by atoms with E-state index in [1.54, 1.807) is 24.3 Å². The molecule has 1 saturated carbocycles. The van der Waals surface area contributed by atoms with Crippen LogP contribution in [0.1, 0.15) is 43.0 Å². The molecule has 6 heteroatoms. The third-order valence-electron chi connectivity index (χ3n) is 5.74. The van der Waals surface area contributed by atoms with Crippen LogP contribution in [0.3, 0.4) is 0 Å². The lowest BCUT2D eigenvalue weighted by atomic mass is 10.0. The van der Waals surface area contributed by atoms with Crippen LogP contribution in [0, 0.1) is 5.41 Å². The second-order valence-electron chi connectivity index (χ2n) is 7.87. The number of benzene rings is 2. The number of carbonyl (C=O) groups is 3. The fraction of sp³-hybridized carbons (Fsp3) is 0.348. The molecule has 2 aromatic rings. The van der Waals surface area contributed by atoms with Crippen LogP contribution in [-0.4, -0.2) is 30.7 Å². The number of hydrogen-bond donors (Lipinski definition) is 2. The van der Waals surface area contributed by atoms with Gasteiger partial charge in [0.15, 0.2) is 5.78 Å². The molecular weight excluding hydrogens is 366 g/mol.